The first-order valence-corrected chi connectivity index (χ1v) is 7.97. The van der Waals surface area contributed by atoms with E-state index in [1.54, 1.807) is 0 Å². The van der Waals surface area contributed by atoms with Crippen LogP contribution in [-0.4, -0.2) is 30.9 Å². The first-order chi connectivity index (χ1) is 9.92. The van der Waals surface area contributed by atoms with E-state index in [-0.39, 0.29) is 23.7 Å². The number of hydrogen-bond donors (Lipinski definition) is 1. The number of carbonyl (C=O) groups is 1. The largest absolute Gasteiger partial charge is 0.341 e. The van der Waals surface area contributed by atoms with Gasteiger partial charge in [0.2, 0.25) is 5.91 Å². The second kappa shape index (κ2) is 7.98. The lowest BCUT2D eigenvalue weighted by Crippen LogP contribution is -2.48. The van der Waals surface area contributed by atoms with Crippen molar-refractivity contribution in [2.24, 2.45) is 5.41 Å². The molecule has 22 heavy (non-hydrogen) atoms. The number of benzene rings is 1. The van der Waals surface area contributed by atoms with Gasteiger partial charge in [0.05, 0.1) is 5.41 Å². The SMILES string of the molecule is CC(C)c1ccc(CN(C)C(=O)C2(C)CCCNC2)cc1.Cl. The summed E-state index contributed by atoms with van der Waals surface area (Å²) in [6.45, 7) is 8.99. The standard InChI is InChI=1S/C18H28N2O.ClH/c1-14(2)16-8-6-15(7-9-16)12-20(4)17(21)18(3)10-5-11-19-13-18;/h6-9,14,19H,5,10-13H2,1-4H3;1H. The van der Waals surface area contributed by atoms with E-state index < -0.39 is 0 Å². The maximum atomic E-state index is 12.7. The molecule has 124 valence electrons. The Morgan fingerprint density at radius 1 is 1.32 bits per heavy atom. The molecule has 1 saturated heterocycles. The monoisotopic (exact) mass is 324 g/mol. The number of amides is 1. The summed E-state index contributed by atoms with van der Waals surface area (Å²) in [5, 5.41) is 3.35. The predicted octanol–water partition coefficient (Wildman–Crippen LogP) is 3.58. The van der Waals surface area contributed by atoms with Crippen molar-refractivity contribution in [3.8, 4) is 0 Å². The highest BCUT2D eigenvalue weighted by Crippen LogP contribution is 2.28. The van der Waals surface area contributed by atoms with Crippen molar-refractivity contribution >= 4 is 18.3 Å². The van der Waals surface area contributed by atoms with Gasteiger partial charge in [-0.15, -0.1) is 12.4 Å². The molecule has 1 fully saturated rings. The highest BCUT2D eigenvalue weighted by atomic mass is 35.5. The van der Waals surface area contributed by atoms with Gasteiger partial charge in [-0.3, -0.25) is 4.79 Å². The lowest BCUT2D eigenvalue weighted by molar-refractivity contribution is -0.141. The smallest absolute Gasteiger partial charge is 0.229 e. The molecule has 1 aromatic carbocycles. The zero-order valence-corrected chi connectivity index (χ0v) is 15.0. The molecular formula is C18H29ClN2O. The zero-order chi connectivity index (χ0) is 15.5. The summed E-state index contributed by atoms with van der Waals surface area (Å²) in [7, 11) is 1.92. The second-order valence-electron chi connectivity index (χ2n) is 6.90. The van der Waals surface area contributed by atoms with E-state index in [9.17, 15) is 4.79 Å². The molecular weight excluding hydrogens is 296 g/mol. The Kier molecular flexibility index (Phi) is 6.89. The van der Waals surface area contributed by atoms with E-state index in [0.29, 0.717) is 12.5 Å². The molecule has 3 nitrogen and oxygen atoms in total. The Hall–Kier alpha value is -1.06. The van der Waals surface area contributed by atoms with Crippen LogP contribution in [0.4, 0.5) is 0 Å². The molecule has 1 heterocycles. The molecule has 0 bridgehead atoms. The summed E-state index contributed by atoms with van der Waals surface area (Å²) in [6.07, 6.45) is 2.06. The average Bonchev–Trinajstić information content (AvgIpc) is 2.47. The fourth-order valence-electron chi connectivity index (χ4n) is 3.05. The molecule has 4 heteroatoms. The van der Waals surface area contributed by atoms with Crippen LogP contribution in [0, 0.1) is 5.41 Å². The van der Waals surface area contributed by atoms with E-state index in [1.165, 1.54) is 11.1 Å². The van der Waals surface area contributed by atoms with Gasteiger partial charge in [0, 0.05) is 20.1 Å². The Balaban J connectivity index is 0.00000242. The van der Waals surface area contributed by atoms with Gasteiger partial charge in [-0.05, 0) is 43.4 Å². The molecule has 1 atom stereocenters. The van der Waals surface area contributed by atoms with Gasteiger partial charge in [0.15, 0.2) is 0 Å². The zero-order valence-electron chi connectivity index (χ0n) is 14.2. The third-order valence-electron chi connectivity index (χ3n) is 4.53. The summed E-state index contributed by atoms with van der Waals surface area (Å²) in [4.78, 5) is 14.6. The molecule has 1 aliphatic rings. The molecule has 1 unspecified atom stereocenters. The van der Waals surface area contributed by atoms with Gasteiger partial charge in [-0.2, -0.15) is 0 Å². The molecule has 1 aromatic rings. The molecule has 0 radical (unpaired) electrons. The lowest BCUT2D eigenvalue weighted by atomic mass is 9.81. The normalized spacial score (nSPS) is 21.3. The number of rotatable bonds is 4. The van der Waals surface area contributed by atoms with Crippen molar-refractivity contribution in [1.82, 2.24) is 10.2 Å². The Morgan fingerprint density at radius 3 is 2.45 bits per heavy atom. The minimum atomic E-state index is -0.245. The molecule has 0 spiro atoms. The molecule has 1 amide bonds. The first kappa shape index (κ1) is 19.0. The minimum absolute atomic E-state index is 0. The Morgan fingerprint density at radius 2 is 1.95 bits per heavy atom. The second-order valence-corrected chi connectivity index (χ2v) is 6.90. The van der Waals surface area contributed by atoms with Crippen molar-refractivity contribution in [3.63, 3.8) is 0 Å². The Bertz CT molecular complexity index is 478. The van der Waals surface area contributed by atoms with Gasteiger partial charge < -0.3 is 10.2 Å². The van der Waals surface area contributed by atoms with Crippen LogP contribution >= 0.6 is 12.4 Å². The molecule has 1 aliphatic heterocycles. The fourth-order valence-corrected chi connectivity index (χ4v) is 3.05. The third kappa shape index (κ3) is 4.47. The lowest BCUT2D eigenvalue weighted by Gasteiger charge is -2.36. The van der Waals surface area contributed by atoms with Crippen LogP contribution in [0.5, 0.6) is 0 Å². The van der Waals surface area contributed by atoms with E-state index in [1.807, 2.05) is 11.9 Å². The van der Waals surface area contributed by atoms with E-state index in [4.69, 9.17) is 0 Å². The summed E-state index contributed by atoms with van der Waals surface area (Å²) < 4.78 is 0. The van der Waals surface area contributed by atoms with Crippen molar-refractivity contribution in [2.45, 2.75) is 46.1 Å². The number of piperidine rings is 1. The van der Waals surface area contributed by atoms with Crippen LogP contribution in [0.1, 0.15) is 50.7 Å². The number of nitrogens with zero attached hydrogens (tertiary/aromatic N) is 1. The maximum absolute atomic E-state index is 12.7. The number of halogens is 1. The van der Waals surface area contributed by atoms with Gasteiger partial charge in [-0.1, -0.05) is 38.1 Å². The molecule has 0 saturated carbocycles. The molecule has 1 N–H and O–H groups in total. The van der Waals surface area contributed by atoms with E-state index in [2.05, 4.69) is 50.4 Å². The van der Waals surface area contributed by atoms with Crippen molar-refractivity contribution in [3.05, 3.63) is 35.4 Å². The van der Waals surface area contributed by atoms with Gasteiger partial charge in [0.25, 0.3) is 0 Å². The van der Waals surface area contributed by atoms with Crippen LogP contribution < -0.4 is 5.32 Å². The molecule has 2 rings (SSSR count). The quantitative estimate of drug-likeness (QED) is 0.918. The van der Waals surface area contributed by atoms with Crippen LogP contribution in [0.3, 0.4) is 0 Å². The van der Waals surface area contributed by atoms with Crippen molar-refractivity contribution < 1.29 is 4.79 Å². The van der Waals surface area contributed by atoms with Gasteiger partial charge in [0.1, 0.15) is 0 Å². The van der Waals surface area contributed by atoms with Crippen molar-refractivity contribution in [2.75, 3.05) is 20.1 Å². The molecule has 0 aliphatic carbocycles. The first-order valence-electron chi connectivity index (χ1n) is 7.97. The topological polar surface area (TPSA) is 32.3 Å². The van der Waals surface area contributed by atoms with E-state index in [0.717, 1.165) is 25.9 Å². The van der Waals surface area contributed by atoms with Gasteiger partial charge in [-0.25, -0.2) is 0 Å². The highest BCUT2D eigenvalue weighted by molar-refractivity contribution is 5.85. The summed E-state index contributed by atoms with van der Waals surface area (Å²) in [6, 6.07) is 8.62. The van der Waals surface area contributed by atoms with Crippen LogP contribution in [0.15, 0.2) is 24.3 Å². The summed E-state index contributed by atoms with van der Waals surface area (Å²) in [5.41, 5.74) is 2.30. The Labute approximate surface area is 140 Å². The number of hydrogen-bond acceptors (Lipinski definition) is 2. The highest BCUT2D eigenvalue weighted by Gasteiger charge is 2.36. The number of nitrogens with one attached hydrogen (secondary N) is 1. The maximum Gasteiger partial charge on any atom is 0.229 e. The van der Waals surface area contributed by atoms with E-state index >= 15 is 0 Å². The van der Waals surface area contributed by atoms with Crippen LogP contribution in [-0.2, 0) is 11.3 Å². The summed E-state index contributed by atoms with van der Waals surface area (Å²) in [5.74, 6) is 0.799. The predicted molar refractivity (Wildman–Crippen MR) is 94.5 cm³/mol. The fraction of sp³-hybridized carbons (Fsp3) is 0.611. The minimum Gasteiger partial charge on any atom is -0.341 e. The number of carbonyl (C=O) groups excluding carboxylic acids is 1. The average molecular weight is 325 g/mol. The van der Waals surface area contributed by atoms with Gasteiger partial charge >= 0.3 is 0 Å². The van der Waals surface area contributed by atoms with Crippen LogP contribution in [0.25, 0.3) is 0 Å². The summed E-state index contributed by atoms with van der Waals surface area (Å²) >= 11 is 0. The van der Waals surface area contributed by atoms with Crippen molar-refractivity contribution in [1.29, 1.82) is 0 Å². The van der Waals surface area contributed by atoms with Crippen LogP contribution in [0.2, 0.25) is 0 Å². The molecule has 0 aromatic heterocycles. The third-order valence-corrected chi connectivity index (χ3v) is 4.53.